The molecule has 0 saturated heterocycles. The van der Waals surface area contributed by atoms with E-state index in [4.69, 9.17) is 0 Å². The molecule has 0 heterocycles. The van der Waals surface area contributed by atoms with E-state index in [1.165, 1.54) is 90.0 Å². The molecule has 2 nitrogen and oxygen atoms in total. The fourth-order valence-corrected chi connectivity index (χ4v) is 2.60. The topological polar surface area (TPSA) is 35.0 Å². The smallest absolute Gasteiger partial charge is 0.0780 e. The highest BCUT2D eigenvalue weighted by molar-refractivity contribution is 8.93. The Balaban J connectivity index is -0.000000540. The number of hydrogen-bond donors (Lipinski definition) is 1. The first kappa shape index (κ1) is 30.7. The SMILES string of the molecule is Br.CCCCCCCCCCCCCCC[N+](C)(C)C.N.[Br-]. The van der Waals surface area contributed by atoms with Gasteiger partial charge in [-0.15, -0.1) is 17.0 Å². The summed E-state index contributed by atoms with van der Waals surface area (Å²) in [6.07, 6.45) is 18.9. The third-order valence-corrected chi connectivity index (χ3v) is 3.93. The van der Waals surface area contributed by atoms with E-state index in [0.29, 0.717) is 0 Å². The maximum absolute atomic E-state index is 2.29. The van der Waals surface area contributed by atoms with Crippen molar-refractivity contribution < 1.29 is 21.5 Å². The Morgan fingerprint density at radius 2 is 0.818 bits per heavy atom. The van der Waals surface area contributed by atoms with Gasteiger partial charge in [-0.3, -0.25) is 0 Å². The van der Waals surface area contributed by atoms with E-state index >= 15 is 0 Å². The Kier molecular flexibility index (Phi) is 30.6. The van der Waals surface area contributed by atoms with Crippen molar-refractivity contribution in [2.24, 2.45) is 0 Å². The van der Waals surface area contributed by atoms with Gasteiger partial charge < -0.3 is 27.6 Å². The van der Waals surface area contributed by atoms with Crippen LogP contribution in [0.15, 0.2) is 0 Å². The summed E-state index contributed by atoms with van der Waals surface area (Å²) in [6.45, 7) is 3.62. The molecule has 0 aromatic heterocycles. The second-order valence-electron chi connectivity index (χ2n) is 7.26. The summed E-state index contributed by atoms with van der Waals surface area (Å²) in [5.41, 5.74) is 0. The predicted molar refractivity (Wildman–Crippen MR) is 104 cm³/mol. The van der Waals surface area contributed by atoms with Gasteiger partial charge in [0.1, 0.15) is 0 Å². The van der Waals surface area contributed by atoms with Gasteiger partial charge in [0.2, 0.25) is 0 Å². The highest BCUT2D eigenvalue weighted by atomic mass is 79.9. The number of rotatable bonds is 14. The van der Waals surface area contributed by atoms with Crippen molar-refractivity contribution in [1.29, 1.82) is 0 Å². The van der Waals surface area contributed by atoms with Gasteiger partial charge in [-0.25, -0.2) is 0 Å². The molecule has 3 N–H and O–H groups in total. The second-order valence-corrected chi connectivity index (χ2v) is 7.26. The molecule has 0 rings (SSSR count). The van der Waals surface area contributed by atoms with E-state index in [-0.39, 0.29) is 40.1 Å². The predicted octanol–water partition coefficient (Wildman–Crippen LogP) is 3.53. The van der Waals surface area contributed by atoms with Crippen LogP contribution in [0.4, 0.5) is 0 Å². The summed E-state index contributed by atoms with van der Waals surface area (Å²) in [4.78, 5) is 0. The molecule has 0 aliphatic rings. The van der Waals surface area contributed by atoms with Gasteiger partial charge in [-0.05, 0) is 12.8 Å². The van der Waals surface area contributed by atoms with Gasteiger partial charge in [-0.1, -0.05) is 77.6 Å². The molecule has 140 valence electrons. The van der Waals surface area contributed by atoms with Crippen molar-refractivity contribution in [3.8, 4) is 0 Å². The van der Waals surface area contributed by atoms with Crippen molar-refractivity contribution in [3.05, 3.63) is 0 Å². The Morgan fingerprint density at radius 3 is 1.09 bits per heavy atom. The Bertz CT molecular complexity index is 182. The van der Waals surface area contributed by atoms with Crippen LogP contribution in [0.3, 0.4) is 0 Å². The third kappa shape index (κ3) is 29.0. The molecule has 0 radical (unpaired) electrons. The van der Waals surface area contributed by atoms with Crippen LogP contribution in [-0.2, 0) is 0 Å². The summed E-state index contributed by atoms with van der Waals surface area (Å²) in [7, 11) is 6.88. The minimum Gasteiger partial charge on any atom is -1.00 e. The zero-order valence-electron chi connectivity index (χ0n) is 15.8. The van der Waals surface area contributed by atoms with Crippen molar-refractivity contribution in [2.75, 3.05) is 27.7 Å². The average molecular weight is 448 g/mol. The molecule has 0 aromatic rings. The fraction of sp³-hybridized carbons (Fsp3) is 1.00. The molecular weight excluding hydrogens is 404 g/mol. The first-order chi connectivity index (χ1) is 9.06. The van der Waals surface area contributed by atoms with Gasteiger partial charge in [0.05, 0.1) is 27.7 Å². The van der Waals surface area contributed by atoms with E-state index < -0.39 is 0 Å². The van der Waals surface area contributed by atoms with Crippen molar-refractivity contribution in [1.82, 2.24) is 6.15 Å². The van der Waals surface area contributed by atoms with Crippen LogP contribution < -0.4 is 23.1 Å². The van der Waals surface area contributed by atoms with Crippen molar-refractivity contribution in [3.63, 3.8) is 0 Å². The lowest BCUT2D eigenvalue weighted by molar-refractivity contribution is -0.870. The molecule has 0 bridgehead atoms. The van der Waals surface area contributed by atoms with Gasteiger partial charge >= 0.3 is 0 Å². The van der Waals surface area contributed by atoms with Gasteiger partial charge in [-0.2, -0.15) is 0 Å². The first-order valence-electron chi connectivity index (χ1n) is 8.86. The van der Waals surface area contributed by atoms with E-state index in [0.717, 1.165) is 4.48 Å². The largest absolute Gasteiger partial charge is 1.00 e. The molecule has 0 atom stereocenters. The third-order valence-electron chi connectivity index (χ3n) is 3.93. The normalized spacial score (nSPS) is 10.4. The summed E-state index contributed by atoms with van der Waals surface area (Å²) in [5, 5.41) is 0. The molecule has 0 unspecified atom stereocenters. The van der Waals surface area contributed by atoms with Crippen LogP contribution in [0.2, 0.25) is 0 Å². The Labute approximate surface area is 162 Å². The van der Waals surface area contributed by atoms with Crippen LogP contribution in [0.25, 0.3) is 0 Å². The first-order valence-corrected chi connectivity index (χ1v) is 8.86. The minimum atomic E-state index is 0. The second kappa shape index (κ2) is 21.9. The molecule has 22 heavy (non-hydrogen) atoms. The number of hydrogen-bond acceptors (Lipinski definition) is 1. The van der Waals surface area contributed by atoms with Crippen molar-refractivity contribution >= 4 is 17.0 Å². The van der Waals surface area contributed by atoms with Crippen LogP contribution in [-0.4, -0.2) is 32.2 Å². The van der Waals surface area contributed by atoms with Gasteiger partial charge in [0.25, 0.3) is 0 Å². The highest BCUT2D eigenvalue weighted by Gasteiger charge is 2.04. The number of nitrogens with zero attached hydrogens (tertiary/aromatic N) is 1. The van der Waals surface area contributed by atoms with Crippen LogP contribution in [0.5, 0.6) is 0 Å². The zero-order valence-corrected chi connectivity index (χ0v) is 19.1. The Hall–Kier alpha value is 0.880. The van der Waals surface area contributed by atoms with Gasteiger partial charge in [0.15, 0.2) is 0 Å². The molecule has 0 aliphatic carbocycles. The van der Waals surface area contributed by atoms with Crippen molar-refractivity contribution in [2.45, 2.75) is 90.4 Å². The molecule has 0 spiro atoms. The number of unbranched alkanes of at least 4 members (excludes halogenated alkanes) is 12. The minimum absolute atomic E-state index is 0. The lowest BCUT2D eigenvalue weighted by Gasteiger charge is -2.23. The molecule has 0 aromatic carbocycles. The van der Waals surface area contributed by atoms with E-state index in [9.17, 15) is 0 Å². The quantitative estimate of drug-likeness (QED) is 0.320. The highest BCUT2D eigenvalue weighted by Crippen LogP contribution is 2.12. The lowest BCUT2D eigenvalue weighted by Crippen LogP contribution is -3.00. The van der Waals surface area contributed by atoms with Gasteiger partial charge in [0, 0.05) is 0 Å². The lowest BCUT2D eigenvalue weighted by atomic mass is 10.0. The average Bonchev–Trinajstić information content (AvgIpc) is 2.34. The standard InChI is InChI=1S/C18H40N.2BrH.H3N/c1-5-6-7-8-9-10-11-12-13-14-15-16-17-18-19(2,3)4;;;/h5-18H2,1-4H3;2*1H;1H3/q+1;;;/p-1. The van der Waals surface area contributed by atoms with E-state index in [1.807, 2.05) is 0 Å². The van der Waals surface area contributed by atoms with Crippen LogP contribution in [0, 0.1) is 0 Å². The summed E-state index contributed by atoms with van der Waals surface area (Å²) in [5.74, 6) is 0. The number of halogens is 2. The molecule has 0 amide bonds. The number of quaternary nitrogens is 1. The molecule has 0 saturated carbocycles. The van der Waals surface area contributed by atoms with Crippen LogP contribution in [0.1, 0.15) is 90.4 Å². The summed E-state index contributed by atoms with van der Waals surface area (Å²) >= 11 is 0. The monoisotopic (exact) mass is 446 g/mol. The molecule has 4 heteroatoms. The van der Waals surface area contributed by atoms with Crippen LogP contribution >= 0.6 is 17.0 Å². The summed E-state index contributed by atoms with van der Waals surface area (Å²) in [6, 6.07) is 0. The maximum Gasteiger partial charge on any atom is 0.0780 e. The molecule has 0 fully saturated rings. The summed E-state index contributed by atoms with van der Waals surface area (Å²) < 4.78 is 1.12. The zero-order chi connectivity index (χ0) is 14.4. The molecular formula is C18H44Br2N2. The molecule has 0 aliphatic heterocycles. The van der Waals surface area contributed by atoms with E-state index in [2.05, 4.69) is 28.1 Å². The maximum atomic E-state index is 2.29. The Morgan fingerprint density at radius 1 is 0.545 bits per heavy atom. The fourth-order valence-electron chi connectivity index (χ4n) is 2.60. The van der Waals surface area contributed by atoms with E-state index in [1.54, 1.807) is 0 Å².